The molecule has 19 heavy (non-hydrogen) atoms. The predicted octanol–water partition coefficient (Wildman–Crippen LogP) is 2.47. The summed E-state index contributed by atoms with van der Waals surface area (Å²) in [6.07, 6.45) is 7.34. The molecule has 0 amide bonds. The van der Waals surface area contributed by atoms with Crippen molar-refractivity contribution in [3.8, 4) is 0 Å². The molecule has 0 atom stereocenters. The van der Waals surface area contributed by atoms with Gasteiger partial charge in [0.05, 0.1) is 22.5 Å². The van der Waals surface area contributed by atoms with Crippen LogP contribution in [0.25, 0.3) is 0 Å². The second-order valence-electron chi connectivity index (χ2n) is 4.39. The summed E-state index contributed by atoms with van der Waals surface area (Å²) in [6.45, 7) is 4.80. The molecule has 5 heteroatoms. The molecule has 0 saturated carbocycles. The molecule has 0 aliphatic heterocycles. The predicted molar refractivity (Wildman–Crippen MR) is 82.5 cm³/mol. The number of nitrogens with zero attached hydrogens (tertiary/aromatic N) is 2. The number of rotatable bonds is 9. The number of hydrogen-bond acceptors (Lipinski definition) is 3. The Kier molecular flexibility index (Phi) is 8.02. The van der Waals surface area contributed by atoms with Gasteiger partial charge < -0.3 is 10.1 Å². The van der Waals surface area contributed by atoms with Crippen LogP contribution in [0.15, 0.2) is 16.6 Å². The van der Waals surface area contributed by atoms with Crippen molar-refractivity contribution in [2.45, 2.75) is 26.2 Å². The monoisotopic (exact) mass is 329 g/mol. The van der Waals surface area contributed by atoms with Crippen molar-refractivity contribution >= 4 is 15.9 Å². The lowest BCUT2D eigenvalue weighted by atomic mass is 10.2. The van der Waals surface area contributed by atoms with E-state index in [4.69, 9.17) is 4.74 Å². The first-order valence-electron chi connectivity index (χ1n) is 6.75. The minimum atomic E-state index is 0.769. The van der Waals surface area contributed by atoms with Gasteiger partial charge in [0.2, 0.25) is 0 Å². The lowest BCUT2D eigenvalue weighted by molar-refractivity contribution is 0.199. The summed E-state index contributed by atoms with van der Waals surface area (Å²) in [6, 6.07) is 0. The van der Waals surface area contributed by atoms with Crippen LogP contribution in [0.2, 0.25) is 0 Å². The average Bonchev–Trinajstić information content (AvgIpc) is 2.68. The fourth-order valence-electron chi connectivity index (χ4n) is 1.84. The summed E-state index contributed by atoms with van der Waals surface area (Å²) >= 11 is 3.63. The van der Waals surface area contributed by atoms with Crippen molar-refractivity contribution < 1.29 is 4.74 Å². The highest BCUT2D eigenvalue weighted by atomic mass is 79.9. The molecule has 1 aromatic rings. The second-order valence-corrected chi connectivity index (χ2v) is 5.18. The fourth-order valence-corrected chi connectivity index (χ4v) is 2.62. The third-order valence-electron chi connectivity index (χ3n) is 2.95. The van der Waals surface area contributed by atoms with Gasteiger partial charge >= 0.3 is 0 Å². The first kappa shape index (κ1) is 16.4. The van der Waals surface area contributed by atoms with Gasteiger partial charge in [-0.15, -0.1) is 0 Å². The molecular weight excluding hydrogens is 306 g/mol. The van der Waals surface area contributed by atoms with Gasteiger partial charge in [-0.25, -0.2) is 0 Å². The maximum absolute atomic E-state index is 4.97. The van der Waals surface area contributed by atoms with Crippen LogP contribution in [0.1, 0.15) is 24.7 Å². The van der Waals surface area contributed by atoms with E-state index in [1.54, 1.807) is 7.11 Å². The van der Waals surface area contributed by atoms with Gasteiger partial charge in [0.15, 0.2) is 0 Å². The number of hydrogen-bond donors (Lipinski definition) is 1. The smallest absolute Gasteiger partial charge is 0.0766 e. The molecule has 1 heterocycles. The lowest BCUT2D eigenvalue weighted by Crippen LogP contribution is -2.19. The molecule has 0 unspecified atom stereocenters. The SMILES string of the molecule is CCc1nn(C)c(CC=CCCNCCOC)c1Br. The Labute approximate surface area is 124 Å². The highest BCUT2D eigenvalue weighted by Gasteiger charge is 2.10. The van der Waals surface area contributed by atoms with Crippen molar-refractivity contribution in [1.82, 2.24) is 15.1 Å². The molecule has 0 radical (unpaired) electrons. The lowest BCUT2D eigenvalue weighted by Gasteiger charge is -2.01. The molecule has 0 bridgehead atoms. The van der Waals surface area contributed by atoms with Crippen molar-refractivity contribution in [3.63, 3.8) is 0 Å². The van der Waals surface area contributed by atoms with Crippen molar-refractivity contribution in [2.75, 3.05) is 26.8 Å². The number of nitrogens with one attached hydrogen (secondary N) is 1. The highest BCUT2D eigenvalue weighted by Crippen LogP contribution is 2.22. The molecule has 1 N–H and O–H groups in total. The fraction of sp³-hybridized carbons (Fsp3) is 0.643. The molecule has 0 aliphatic carbocycles. The average molecular weight is 330 g/mol. The largest absolute Gasteiger partial charge is 0.383 e. The topological polar surface area (TPSA) is 39.1 Å². The molecular formula is C14H24BrN3O. The van der Waals surface area contributed by atoms with Gasteiger partial charge in [-0.3, -0.25) is 4.68 Å². The van der Waals surface area contributed by atoms with E-state index in [2.05, 4.69) is 45.4 Å². The van der Waals surface area contributed by atoms with E-state index in [0.717, 1.165) is 49.1 Å². The number of ether oxygens (including phenoxy) is 1. The third-order valence-corrected chi connectivity index (χ3v) is 3.87. The molecule has 0 spiro atoms. The van der Waals surface area contributed by atoms with Crippen LogP contribution in [0.5, 0.6) is 0 Å². The van der Waals surface area contributed by atoms with E-state index in [0.29, 0.717) is 0 Å². The zero-order chi connectivity index (χ0) is 14.1. The Morgan fingerprint density at radius 3 is 2.79 bits per heavy atom. The molecule has 4 nitrogen and oxygen atoms in total. The summed E-state index contributed by atoms with van der Waals surface area (Å²) in [5.74, 6) is 0. The molecule has 0 fully saturated rings. The maximum atomic E-state index is 4.97. The third kappa shape index (κ3) is 5.47. The van der Waals surface area contributed by atoms with Crippen LogP contribution in [-0.2, 0) is 24.6 Å². The van der Waals surface area contributed by atoms with Gasteiger partial charge in [-0.2, -0.15) is 5.10 Å². The zero-order valence-corrected chi connectivity index (χ0v) is 13.7. The number of methoxy groups -OCH3 is 1. The first-order chi connectivity index (χ1) is 9.20. The van der Waals surface area contributed by atoms with Crippen molar-refractivity contribution in [2.24, 2.45) is 7.05 Å². The van der Waals surface area contributed by atoms with Crippen molar-refractivity contribution in [3.05, 3.63) is 28.0 Å². The van der Waals surface area contributed by atoms with Gasteiger partial charge in [-0.1, -0.05) is 19.1 Å². The Balaban J connectivity index is 2.30. The first-order valence-corrected chi connectivity index (χ1v) is 7.54. The Morgan fingerprint density at radius 1 is 1.37 bits per heavy atom. The van der Waals surface area contributed by atoms with Crippen LogP contribution < -0.4 is 5.32 Å². The second kappa shape index (κ2) is 9.28. The van der Waals surface area contributed by atoms with Crippen LogP contribution in [0, 0.1) is 0 Å². The number of allylic oxidation sites excluding steroid dienone is 1. The summed E-state index contributed by atoms with van der Waals surface area (Å²) in [5, 5.41) is 7.81. The molecule has 1 aromatic heterocycles. The van der Waals surface area contributed by atoms with E-state index in [-0.39, 0.29) is 0 Å². The van der Waals surface area contributed by atoms with Crippen LogP contribution in [0.4, 0.5) is 0 Å². The normalized spacial score (nSPS) is 11.6. The Hall–Kier alpha value is -0.650. The van der Waals surface area contributed by atoms with Crippen LogP contribution in [-0.4, -0.2) is 36.6 Å². The van der Waals surface area contributed by atoms with Crippen LogP contribution >= 0.6 is 15.9 Å². The number of aryl methyl sites for hydroxylation is 2. The minimum Gasteiger partial charge on any atom is -0.383 e. The zero-order valence-electron chi connectivity index (χ0n) is 12.1. The summed E-state index contributed by atoms with van der Waals surface area (Å²) in [5.41, 5.74) is 2.37. The molecule has 1 rings (SSSR count). The number of aromatic nitrogens is 2. The quantitative estimate of drug-likeness (QED) is 0.558. The summed E-state index contributed by atoms with van der Waals surface area (Å²) in [4.78, 5) is 0. The van der Waals surface area contributed by atoms with Gasteiger partial charge in [-0.05, 0) is 35.3 Å². The van der Waals surface area contributed by atoms with Crippen LogP contribution in [0.3, 0.4) is 0 Å². The van der Waals surface area contributed by atoms with E-state index < -0.39 is 0 Å². The standard InChI is InChI=1S/C14H24BrN3O/c1-4-12-14(15)13(18(2)17-12)8-6-5-7-9-16-10-11-19-3/h5-6,16H,4,7-11H2,1-3H3. The number of halogens is 1. The van der Waals surface area contributed by atoms with Gasteiger partial charge in [0.25, 0.3) is 0 Å². The van der Waals surface area contributed by atoms with E-state index >= 15 is 0 Å². The van der Waals surface area contributed by atoms with E-state index in [1.807, 2.05) is 11.7 Å². The highest BCUT2D eigenvalue weighted by molar-refractivity contribution is 9.10. The summed E-state index contributed by atoms with van der Waals surface area (Å²) in [7, 11) is 3.72. The van der Waals surface area contributed by atoms with Gasteiger partial charge in [0, 0.05) is 27.1 Å². The Morgan fingerprint density at radius 2 is 2.16 bits per heavy atom. The van der Waals surface area contributed by atoms with E-state index in [9.17, 15) is 0 Å². The molecule has 0 saturated heterocycles. The minimum absolute atomic E-state index is 0.769. The molecule has 108 valence electrons. The summed E-state index contributed by atoms with van der Waals surface area (Å²) < 4.78 is 8.09. The maximum Gasteiger partial charge on any atom is 0.0766 e. The van der Waals surface area contributed by atoms with Gasteiger partial charge in [0.1, 0.15) is 0 Å². The van der Waals surface area contributed by atoms with E-state index in [1.165, 1.54) is 5.69 Å². The Bertz CT molecular complexity index is 402. The molecule has 0 aromatic carbocycles. The van der Waals surface area contributed by atoms with Crippen molar-refractivity contribution in [1.29, 1.82) is 0 Å². The molecule has 0 aliphatic rings.